The lowest BCUT2D eigenvalue weighted by molar-refractivity contribution is 0.737. The van der Waals surface area contributed by atoms with Gasteiger partial charge in [-0.3, -0.25) is 4.57 Å². The minimum atomic E-state index is 0.372. The fourth-order valence-electron chi connectivity index (χ4n) is 4.80. The summed E-state index contributed by atoms with van der Waals surface area (Å²) in [5.74, 6) is 2.55. The summed E-state index contributed by atoms with van der Waals surface area (Å²) in [7, 11) is 0. The monoisotopic (exact) mass is 514 g/mol. The molecule has 0 radical (unpaired) electrons. The highest BCUT2D eigenvalue weighted by molar-refractivity contribution is 5.74. The van der Waals surface area contributed by atoms with Crippen molar-refractivity contribution in [2.24, 2.45) is 5.92 Å². The molecule has 0 saturated heterocycles. The first-order valence-corrected chi connectivity index (χ1v) is 14.2. The molecule has 0 saturated carbocycles. The highest BCUT2D eigenvalue weighted by Gasteiger charge is 2.21. The number of nitrogens with zero attached hydrogens (tertiary/aromatic N) is 2. The van der Waals surface area contributed by atoms with Crippen LogP contribution in [-0.2, 0) is 0 Å². The van der Waals surface area contributed by atoms with Crippen molar-refractivity contribution in [3.63, 3.8) is 0 Å². The van der Waals surface area contributed by atoms with Gasteiger partial charge in [0.15, 0.2) is 0 Å². The molecule has 2 heteroatoms. The predicted octanol–water partition coefficient (Wildman–Crippen LogP) is 10.8. The Labute approximate surface area is 235 Å². The van der Waals surface area contributed by atoms with Crippen molar-refractivity contribution in [3.8, 4) is 39.3 Å². The van der Waals surface area contributed by atoms with Crippen molar-refractivity contribution in [2.75, 3.05) is 0 Å². The average molecular weight is 515 g/mol. The van der Waals surface area contributed by atoms with Gasteiger partial charge in [0, 0.05) is 18.0 Å². The molecule has 0 bridgehead atoms. The number of hydrogen-bond donors (Lipinski definition) is 0. The molecule has 0 aliphatic rings. The quantitative estimate of drug-likeness (QED) is 0.220. The summed E-state index contributed by atoms with van der Waals surface area (Å²) >= 11 is 0. The zero-order valence-corrected chi connectivity index (χ0v) is 24.5. The van der Waals surface area contributed by atoms with E-state index in [-0.39, 0.29) is 0 Å². The third kappa shape index (κ3) is 6.75. The molecule has 2 nitrogen and oxygen atoms in total. The number of imidazole rings is 1. The molecule has 5 rings (SSSR count). The molecule has 0 atom stereocenters. The van der Waals surface area contributed by atoms with Crippen molar-refractivity contribution >= 4 is 0 Å². The summed E-state index contributed by atoms with van der Waals surface area (Å²) < 4.78 is 2.30. The fourth-order valence-corrected chi connectivity index (χ4v) is 4.80. The highest BCUT2D eigenvalue weighted by Crippen LogP contribution is 2.38. The van der Waals surface area contributed by atoms with Gasteiger partial charge in [-0.25, -0.2) is 4.98 Å². The van der Waals surface area contributed by atoms with Crippen LogP contribution in [0.25, 0.3) is 39.3 Å². The maximum atomic E-state index is 4.84. The molecule has 39 heavy (non-hydrogen) atoms. The van der Waals surface area contributed by atoms with Gasteiger partial charge < -0.3 is 0 Å². The Bertz CT molecular complexity index is 1440. The summed E-state index contributed by atoms with van der Waals surface area (Å²) in [4.78, 5) is 4.84. The van der Waals surface area contributed by atoms with Gasteiger partial charge >= 0.3 is 0 Å². The molecule has 0 unspecified atom stereocenters. The van der Waals surface area contributed by atoms with E-state index in [0.29, 0.717) is 11.8 Å². The largest absolute Gasteiger partial charge is 0.299 e. The zero-order chi connectivity index (χ0) is 27.9. The smallest absolute Gasteiger partial charge is 0.144 e. The van der Waals surface area contributed by atoms with Crippen molar-refractivity contribution in [1.29, 1.82) is 0 Å². The van der Waals surface area contributed by atoms with E-state index in [1.807, 2.05) is 6.20 Å². The minimum Gasteiger partial charge on any atom is -0.299 e. The van der Waals surface area contributed by atoms with Crippen LogP contribution < -0.4 is 0 Å². The van der Waals surface area contributed by atoms with Crippen LogP contribution in [0.15, 0.2) is 109 Å². The first kappa shape index (κ1) is 28.1. The van der Waals surface area contributed by atoms with E-state index >= 15 is 0 Å². The zero-order valence-electron chi connectivity index (χ0n) is 24.5. The van der Waals surface area contributed by atoms with E-state index in [0.717, 1.165) is 17.3 Å². The SMILES string of the molecule is CC(C)C.CC(C)c1cc(-c2ccccc2)cc(C(C)C)c1-n1ccnc1-c1cccc(-c2ccccc2)c1. The number of benzene rings is 4. The lowest BCUT2D eigenvalue weighted by Gasteiger charge is -2.24. The summed E-state index contributed by atoms with van der Waals surface area (Å²) in [6.45, 7) is 15.6. The summed E-state index contributed by atoms with van der Waals surface area (Å²) in [6, 6.07) is 34.7. The number of hydrogen-bond acceptors (Lipinski definition) is 1. The first-order valence-electron chi connectivity index (χ1n) is 14.2. The van der Waals surface area contributed by atoms with Gasteiger partial charge in [-0.15, -0.1) is 0 Å². The molecule has 200 valence electrons. The molecule has 4 aromatic carbocycles. The first-order chi connectivity index (χ1) is 18.8. The molecule has 0 aliphatic heterocycles. The Hall–Kier alpha value is -3.91. The average Bonchev–Trinajstić information content (AvgIpc) is 3.43. The van der Waals surface area contributed by atoms with Crippen LogP contribution in [0.5, 0.6) is 0 Å². The molecule has 0 amide bonds. The normalized spacial score (nSPS) is 11.1. The number of rotatable bonds is 6. The van der Waals surface area contributed by atoms with Crippen LogP contribution in [0.3, 0.4) is 0 Å². The van der Waals surface area contributed by atoms with Crippen LogP contribution in [0.2, 0.25) is 0 Å². The minimum absolute atomic E-state index is 0.372. The van der Waals surface area contributed by atoms with Gasteiger partial charge in [0.05, 0.1) is 5.69 Å². The molecule has 1 heterocycles. The Morgan fingerprint density at radius 1 is 0.513 bits per heavy atom. The highest BCUT2D eigenvalue weighted by atomic mass is 15.1. The summed E-state index contributed by atoms with van der Waals surface area (Å²) in [5.41, 5.74) is 10.00. The van der Waals surface area contributed by atoms with Gasteiger partial charge in [-0.2, -0.15) is 0 Å². The van der Waals surface area contributed by atoms with E-state index in [2.05, 4.69) is 156 Å². The Balaban J connectivity index is 0.000000826. The third-order valence-electron chi connectivity index (χ3n) is 6.63. The second-order valence-corrected chi connectivity index (χ2v) is 11.5. The maximum absolute atomic E-state index is 4.84. The second-order valence-electron chi connectivity index (χ2n) is 11.5. The Kier molecular flexibility index (Phi) is 9.19. The van der Waals surface area contributed by atoms with Gasteiger partial charge in [0.1, 0.15) is 5.82 Å². The van der Waals surface area contributed by atoms with Crippen LogP contribution in [-0.4, -0.2) is 9.55 Å². The predicted molar refractivity (Wildman–Crippen MR) is 169 cm³/mol. The lowest BCUT2D eigenvalue weighted by Crippen LogP contribution is -2.08. The van der Waals surface area contributed by atoms with E-state index < -0.39 is 0 Å². The topological polar surface area (TPSA) is 17.8 Å². The third-order valence-corrected chi connectivity index (χ3v) is 6.63. The molecular formula is C37H42N2. The standard InChI is InChI=1S/C33H32N2.C4H10/c1-23(2)30-21-29(26-14-9-6-10-15-26)22-31(24(3)4)32(30)35-19-18-34-33(35)28-17-11-16-27(20-28)25-12-7-5-8-13-25;1-4(2)3/h5-24H,1-4H3;4H,1-3H3. The van der Waals surface area contributed by atoms with Crippen molar-refractivity contribution < 1.29 is 0 Å². The van der Waals surface area contributed by atoms with E-state index in [4.69, 9.17) is 4.98 Å². The summed E-state index contributed by atoms with van der Waals surface area (Å²) in [5, 5.41) is 0. The Morgan fingerprint density at radius 3 is 1.49 bits per heavy atom. The van der Waals surface area contributed by atoms with Crippen molar-refractivity contribution in [3.05, 3.63) is 121 Å². The maximum Gasteiger partial charge on any atom is 0.144 e. The molecule has 1 aromatic heterocycles. The van der Waals surface area contributed by atoms with Gasteiger partial charge in [0.25, 0.3) is 0 Å². The van der Waals surface area contributed by atoms with Crippen LogP contribution in [0.1, 0.15) is 71.4 Å². The van der Waals surface area contributed by atoms with Crippen LogP contribution in [0.4, 0.5) is 0 Å². The van der Waals surface area contributed by atoms with E-state index in [9.17, 15) is 0 Å². The van der Waals surface area contributed by atoms with Crippen molar-refractivity contribution in [2.45, 2.75) is 60.3 Å². The molecule has 0 fully saturated rings. The number of aromatic nitrogens is 2. The van der Waals surface area contributed by atoms with Gasteiger partial charge in [-0.05, 0) is 69.3 Å². The molecule has 0 spiro atoms. The van der Waals surface area contributed by atoms with Crippen molar-refractivity contribution in [1.82, 2.24) is 9.55 Å². The molecule has 0 aliphatic carbocycles. The van der Waals surface area contributed by atoms with Crippen LogP contribution >= 0.6 is 0 Å². The lowest BCUT2D eigenvalue weighted by atomic mass is 9.88. The summed E-state index contributed by atoms with van der Waals surface area (Å²) in [6.07, 6.45) is 4.03. The van der Waals surface area contributed by atoms with Crippen LogP contribution in [0, 0.1) is 5.92 Å². The van der Waals surface area contributed by atoms with Gasteiger partial charge in [0.2, 0.25) is 0 Å². The van der Waals surface area contributed by atoms with E-state index in [1.165, 1.54) is 39.1 Å². The molecule has 0 N–H and O–H groups in total. The molecular weight excluding hydrogens is 472 g/mol. The fraction of sp³-hybridized carbons (Fsp3) is 0.270. The van der Waals surface area contributed by atoms with Gasteiger partial charge in [-0.1, -0.05) is 127 Å². The molecule has 5 aromatic rings. The Morgan fingerprint density at radius 2 is 0.974 bits per heavy atom. The second kappa shape index (κ2) is 12.8. The van der Waals surface area contributed by atoms with E-state index in [1.54, 1.807) is 0 Å².